The number of thiophene rings is 1. The highest BCUT2D eigenvalue weighted by Crippen LogP contribution is 2.24. The summed E-state index contributed by atoms with van der Waals surface area (Å²) in [5.41, 5.74) is 2.57. The maximum atomic E-state index is 5.73. The Hall–Kier alpha value is -0.800. The zero-order valence-electron chi connectivity index (χ0n) is 9.29. The maximum absolute atomic E-state index is 5.73. The lowest BCUT2D eigenvalue weighted by Crippen LogP contribution is -1.93. The van der Waals surface area contributed by atoms with E-state index in [1.165, 1.54) is 16.0 Å². The van der Waals surface area contributed by atoms with E-state index in [2.05, 4.69) is 48.0 Å². The van der Waals surface area contributed by atoms with Crippen molar-refractivity contribution in [2.75, 3.05) is 0 Å². The Bertz CT molecular complexity index is 490. The van der Waals surface area contributed by atoms with Crippen LogP contribution < -0.4 is 4.74 Å². The van der Waals surface area contributed by atoms with Gasteiger partial charge in [0.15, 0.2) is 0 Å². The molecule has 1 nitrogen and oxygen atoms in total. The Kier molecular flexibility index (Phi) is 3.66. The summed E-state index contributed by atoms with van der Waals surface area (Å²) in [6.07, 6.45) is 0. The molecule has 0 fully saturated rings. The SMILES string of the molecule is Cc1ccc(OCc2ccc(Br)s2)cc1C. The van der Waals surface area contributed by atoms with E-state index in [1.807, 2.05) is 12.1 Å². The molecule has 0 unspecified atom stereocenters. The highest BCUT2D eigenvalue weighted by atomic mass is 79.9. The Labute approximate surface area is 108 Å². The molecule has 1 heterocycles. The second-order valence-corrected chi connectivity index (χ2v) is 6.29. The summed E-state index contributed by atoms with van der Waals surface area (Å²) < 4.78 is 6.88. The van der Waals surface area contributed by atoms with Gasteiger partial charge < -0.3 is 4.74 Å². The number of hydrogen-bond acceptors (Lipinski definition) is 2. The molecule has 0 spiro atoms. The average Bonchev–Trinajstić information content (AvgIpc) is 2.66. The van der Waals surface area contributed by atoms with Gasteiger partial charge in [0.05, 0.1) is 3.79 Å². The van der Waals surface area contributed by atoms with Crippen LogP contribution in [0.15, 0.2) is 34.1 Å². The largest absolute Gasteiger partial charge is 0.488 e. The van der Waals surface area contributed by atoms with Crippen molar-refractivity contribution in [3.63, 3.8) is 0 Å². The third kappa shape index (κ3) is 2.86. The maximum Gasteiger partial charge on any atom is 0.122 e. The summed E-state index contributed by atoms with van der Waals surface area (Å²) in [6.45, 7) is 4.85. The molecule has 84 valence electrons. The van der Waals surface area contributed by atoms with Crippen molar-refractivity contribution in [1.29, 1.82) is 0 Å². The van der Waals surface area contributed by atoms with E-state index in [0.717, 1.165) is 9.54 Å². The summed E-state index contributed by atoms with van der Waals surface area (Å²) in [5.74, 6) is 0.938. The third-order valence-corrected chi connectivity index (χ3v) is 4.09. The van der Waals surface area contributed by atoms with Crippen LogP contribution in [0.5, 0.6) is 5.75 Å². The molecule has 16 heavy (non-hydrogen) atoms. The Morgan fingerprint density at radius 3 is 2.56 bits per heavy atom. The molecule has 0 aliphatic carbocycles. The molecule has 0 aliphatic heterocycles. The van der Waals surface area contributed by atoms with Gasteiger partial charge in [0.2, 0.25) is 0 Å². The Morgan fingerprint density at radius 2 is 1.94 bits per heavy atom. The van der Waals surface area contributed by atoms with Crippen molar-refractivity contribution in [3.8, 4) is 5.75 Å². The number of rotatable bonds is 3. The smallest absolute Gasteiger partial charge is 0.122 e. The molecule has 0 amide bonds. The minimum absolute atomic E-state index is 0.638. The molecule has 3 heteroatoms. The van der Waals surface area contributed by atoms with Crippen molar-refractivity contribution in [3.05, 3.63) is 50.1 Å². The zero-order chi connectivity index (χ0) is 11.5. The van der Waals surface area contributed by atoms with E-state index in [0.29, 0.717) is 6.61 Å². The first kappa shape index (κ1) is 11.7. The lowest BCUT2D eigenvalue weighted by molar-refractivity contribution is 0.309. The van der Waals surface area contributed by atoms with Gasteiger partial charge in [0.1, 0.15) is 12.4 Å². The van der Waals surface area contributed by atoms with Crippen LogP contribution >= 0.6 is 27.3 Å². The zero-order valence-corrected chi connectivity index (χ0v) is 11.7. The fourth-order valence-corrected chi connectivity index (χ4v) is 2.78. The second-order valence-electron chi connectivity index (χ2n) is 3.74. The van der Waals surface area contributed by atoms with Crippen molar-refractivity contribution >= 4 is 27.3 Å². The first-order valence-corrected chi connectivity index (χ1v) is 6.70. The summed E-state index contributed by atoms with van der Waals surface area (Å²) >= 11 is 5.15. The molecule has 1 aromatic carbocycles. The quantitative estimate of drug-likeness (QED) is 0.797. The molecule has 1 aromatic heterocycles. The summed E-state index contributed by atoms with van der Waals surface area (Å²) in [7, 11) is 0. The average molecular weight is 297 g/mol. The fraction of sp³-hybridized carbons (Fsp3) is 0.231. The highest BCUT2D eigenvalue weighted by Gasteiger charge is 2.00. The third-order valence-electron chi connectivity index (χ3n) is 2.49. The number of ether oxygens (including phenoxy) is 1. The van der Waals surface area contributed by atoms with Gasteiger partial charge in [-0.2, -0.15) is 0 Å². The van der Waals surface area contributed by atoms with Crippen molar-refractivity contribution in [2.45, 2.75) is 20.5 Å². The van der Waals surface area contributed by atoms with Gasteiger partial charge in [-0.25, -0.2) is 0 Å². The van der Waals surface area contributed by atoms with Crippen LogP contribution in [0.1, 0.15) is 16.0 Å². The van der Waals surface area contributed by atoms with Crippen LogP contribution in [0.4, 0.5) is 0 Å². The van der Waals surface area contributed by atoms with Gasteiger partial charge in [0, 0.05) is 4.88 Å². The van der Waals surface area contributed by atoms with Crippen LogP contribution in [0.25, 0.3) is 0 Å². The lowest BCUT2D eigenvalue weighted by atomic mass is 10.1. The van der Waals surface area contributed by atoms with Crippen molar-refractivity contribution < 1.29 is 4.74 Å². The molecule has 0 aliphatic rings. The minimum Gasteiger partial charge on any atom is -0.488 e. The highest BCUT2D eigenvalue weighted by molar-refractivity contribution is 9.11. The van der Waals surface area contributed by atoms with Crippen LogP contribution in [0.2, 0.25) is 0 Å². The first-order valence-electron chi connectivity index (χ1n) is 5.09. The molecule has 0 bridgehead atoms. The van der Waals surface area contributed by atoms with E-state index >= 15 is 0 Å². The first-order chi connectivity index (χ1) is 7.65. The predicted octanol–water partition coefficient (Wildman–Crippen LogP) is 4.71. The lowest BCUT2D eigenvalue weighted by Gasteiger charge is -2.06. The molecule has 0 atom stereocenters. The molecule has 0 saturated carbocycles. The monoisotopic (exact) mass is 296 g/mol. The molecule has 0 N–H and O–H groups in total. The van der Waals surface area contributed by atoms with Crippen LogP contribution in [-0.2, 0) is 6.61 Å². The van der Waals surface area contributed by atoms with Gasteiger partial charge >= 0.3 is 0 Å². The van der Waals surface area contributed by atoms with Crippen molar-refractivity contribution in [1.82, 2.24) is 0 Å². The van der Waals surface area contributed by atoms with Crippen LogP contribution in [0.3, 0.4) is 0 Å². The van der Waals surface area contributed by atoms with Crippen molar-refractivity contribution in [2.24, 2.45) is 0 Å². The normalized spacial score (nSPS) is 10.4. The van der Waals surface area contributed by atoms with E-state index < -0.39 is 0 Å². The Morgan fingerprint density at radius 1 is 1.12 bits per heavy atom. The van der Waals surface area contributed by atoms with Gasteiger partial charge in [-0.3, -0.25) is 0 Å². The number of halogens is 1. The number of benzene rings is 1. The molecular formula is C13H13BrOS. The molecule has 0 saturated heterocycles. The van der Waals surface area contributed by atoms with Crippen LogP contribution in [-0.4, -0.2) is 0 Å². The predicted molar refractivity (Wildman–Crippen MR) is 72.3 cm³/mol. The van der Waals surface area contributed by atoms with E-state index in [9.17, 15) is 0 Å². The molecular weight excluding hydrogens is 284 g/mol. The molecule has 2 rings (SSSR count). The standard InChI is InChI=1S/C13H13BrOS/c1-9-3-4-11(7-10(9)2)15-8-12-5-6-13(14)16-12/h3-7H,8H2,1-2H3. The van der Waals surface area contributed by atoms with Gasteiger partial charge in [0.25, 0.3) is 0 Å². The number of hydrogen-bond donors (Lipinski definition) is 0. The number of aryl methyl sites for hydroxylation is 2. The van der Waals surface area contributed by atoms with E-state index in [1.54, 1.807) is 11.3 Å². The van der Waals surface area contributed by atoms with Gasteiger partial charge in [-0.15, -0.1) is 11.3 Å². The summed E-state index contributed by atoms with van der Waals surface area (Å²) in [6, 6.07) is 10.3. The van der Waals surface area contributed by atoms with Gasteiger partial charge in [-0.05, 0) is 65.2 Å². The van der Waals surface area contributed by atoms with E-state index in [4.69, 9.17) is 4.74 Å². The molecule has 2 aromatic rings. The van der Waals surface area contributed by atoms with Crippen LogP contribution in [0, 0.1) is 13.8 Å². The summed E-state index contributed by atoms with van der Waals surface area (Å²) in [5, 5.41) is 0. The fourth-order valence-electron chi connectivity index (χ4n) is 1.39. The minimum atomic E-state index is 0.638. The topological polar surface area (TPSA) is 9.23 Å². The molecule has 0 radical (unpaired) electrons. The van der Waals surface area contributed by atoms with E-state index in [-0.39, 0.29) is 0 Å². The summed E-state index contributed by atoms with van der Waals surface area (Å²) in [4.78, 5) is 1.23. The second kappa shape index (κ2) is 5.02. The Balaban J connectivity index is 2.02. The van der Waals surface area contributed by atoms with Gasteiger partial charge in [-0.1, -0.05) is 6.07 Å².